The Labute approximate surface area is 128 Å². The first-order valence-electron chi connectivity index (χ1n) is 7.35. The third-order valence-corrected chi connectivity index (χ3v) is 4.06. The summed E-state index contributed by atoms with van der Waals surface area (Å²) in [5.41, 5.74) is 4.74. The molecule has 0 aliphatic rings. The van der Waals surface area contributed by atoms with Crippen molar-refractivity contribution in [2.24, 2.45) is 0 Å². The predicted molar refractivity (Wildman–Crippen MR) is 98.6 cm³/mol. The molecule has 1 aromatic carbocycles. The van der Waals surface area contributed by atoms with Gasteiger partial charge in [-0.15, -0.1) is 0 Å². The van der Waals surface area contributed by atoms with E-state index in [0.717, 1.165) is 16.4 Å². The molecule has 110 valence electrons. The molecule has 0 bridgehead atoms. The second-order valence-electron chi connectivity index (χ2n) is 5.09. The smallest absolute Gasteiger partial charge is 0.00769 e. The van der Waals surface area contributed by atoms with Gasteiger partial charge in [-0.2, -0.15) is 0 Å². The second-order valence-corrected chi connectivity index (χ2v) is 5.09. The molecule has 0 atom stereocenters. The zero-order valence-electron chi connectivity index (χ0n) is 14.0. The molecule has 0 unspecified atom stereocenters. The molecule has 1 rings (SSSR count). The highest BCUT2D eigenvalue weighted by Gasteiger charge is 2.08. The van der Waals surface area contributed by atoms with Crippen molar-refractivity contribution in [3.63, 3.8) is 0 Å². The van der Waals surface area contributed by atoms with Gasteiger partial charge in [0.15, 0.2) is 0 Å². The van der Waals surface area contributed by atoms with Crippen LogP contribution in [0.5, 0.6) is 0 Å². The lowest BCUT2D eigenvalue weighted by Gasteiger charge is -2.12. The topological polar surface area (TPSA) is 0 Å². The molecule has 0 saturated heterocycles. The van der Waals surface area contributed by atoms with E-state index in [1.54, 1.807) is 0 Å². The van der Waals surface area contributed by atoms with E-state index in [9.17, 15) is 0 Å². The number of rotatable bonds is 3. The molecule has 0 aliphatic carbocycles. The van der Waals surface area contributed by atoms with Crippen LogP contribution in [0.2, 0.25) is 0 Å². The Morgan fingerprint density at radius 3 is 1.90 bits per heavy atom. The third-order valence-electron chi connectivity index (χ3n) is 4.06. The number of benzene rings is 1. The van der Waals surface area contributed by atoms with Gasteiger partial charge in [-0.05, 0) is 77.8 Å². The molecule has 0 spiro atoms. The largest absolute Gasteiger partial charge is 0.0988 e. The lowest BCUT2D eigenvalue weighted by atomic mass is 9.92. The Balaban J connectivity index is 4.42. The Morgan fingerprint density at radius 2 is 1.52 bits per heavy atom. The summed E-state index contributed by atoms with van der Waals surface area (Å²) in [6.07, 6.45) is 10.2. The van der Waals surface area contributed by atoms with Crippen molar-refractivity contribution in [3.8, 4) is 0 Å². The highest BCUT2D eigenvalue weighted by molar-refractivity contribution is 5.77. The first kappa shape index (κ1) is 17.0. The summed E-state index contributed by atoms with van der Waals surface area (Å²) in [6, 6.07) is 0. The van der Waals surface area contributed by atoms with Crippen LogP contribution in [0.25, 0.3) is 29.9 Å². The minimum atomic E-state index is 1.07. The minimum absolute atomic E-state index is 1.07. The maximum absolute atomic E-state index is 4.32. The Morgan fingerprint density at radius 1 is 0.952 bits per heavy atom. The fraction of sp³-hybridized carbons (Fsp3) is 0.238. The fourth-order valence-corrected chi connectivity index (χ4v) is 2.86. The van der Waals surface area contributed by atoms with Crippen LogP contribution in [0.1, 0.15) is 38.8 Å². The molecule has 0 nitrogen and oxygen atoms in total. The van der Waals surface area contributed by atoms with Crippen molar-refractivity contribution in [1.29, 1.82) is 0 Å². The minimum Gasteiger partial charge on any atom is -0.0988 e. The van der Waals surface area contributed by atoms with Crippen molar-refractivity contribution in [2.75, 3.05) is 0 Å². The van der Waals surface area contributed by atoms with Gasteiger partial charge >= 0.3 is 0 Å². The second kappa shape index (κ2) is 7.08. The lowest BCUT2D eigenvalue weighted by Crippen LogP contribution is -2.51. The van der Waals surface area contributed by atoms with Crippen LogP contribution >= 0.6 is 0 Å². The monoisotopic (exact) mass is 278 g/mol. The fourth-order valence-electron chi connectivity index (χ4n) is 2.86. The van der Waals surface area contributed by atoms with E-state index in [1.165, 1.54) is 26.8 Å². The normalized spacial score (nSPS) is 15.2. The van der Waals surface area contributed by atoms with Crippen LogP contribution in [0.3, 0.4) is 0 Å². The van der Waals surface area contributed by atoms with Crippen LogP contribution in [0, 0.1) is 6.92 Å². The lowest BCUT2D eigenvalue weighted by molar-refractivity contribution is 1.26. The summed E-state index contributed by atoms with van der Waals surface area (Å²) < 4.78 is 0. The molecule has 0 heterocycles. The van der Waals surface area contributed by atoms with E-state index >= 15 is 0 Å². The highest BCUT2D eigenvalue weighted by atomic mass is 14.1. The van der Waals surface area contributed by atoms with Gasteiger partial charge in [-0.1, -0.05) is 50.1 Å². The van der Waals surface area contributed by atoms with Gasteiger partial charge in [0.25, 0.3) is 0 Å². The first-order valence-corrected chi connectivity index (χ1v) is 7.35. The summed E-state index contributed by atoms with van der Waals surface area (Å²) in [6.45, 7) is 22.6. The highest BCUT2D eigenvalue weighted by Crippen LogP contribution is 2.12. The van der Waals surface area contributed by atoms with Gasteiger partial charge < -0.3 is 0 Å². The Hall–Kier alpha value is -2.08. The van der Waals surface area contributed by atoms with Crippen molar-refractivity contribution >= 4 is 29.9 Å². The molecule has 21 heavy (non-hydrogen) atoms. The molecule has 0 amide bonds. The summed E-state index contributed by atoms with van der Waals surface area (Å²) in [4.78, 5) is 0. The van der Waals surface area contributed by atoms with E-state index in [0.29, 0.717) is 0 Å². The van der Waals surface area contributed by atoms with E-state index in [4.69, 9.17) is 0 Å². The maximum atomic E-state index is 4.32. The standard InChI is InChI=1S/C21H26/c1-9-14(6)20-15(7)16(8)21(17(10-2)11-3)19(13-5)18(20)12-4/h9-13H,1-2,7H2,3-6,8H3/b17-11-,18-12-,19-13-,20-14+. The van der Waals surface area contributed by atoms with Gasteiger partial charge in [0, 0.05) is 0 Å². The van der Waals surface area contributed by atoms with Crippen LogP contribution < -0.4 is 20.9 Å². The predicted octanol–water partition coefficient (Wildman–Crippen LogP) is 2.95. The molecule has 0 aliphatic heterocycles. The number of hydrogen-bond donors (Lipinski definition) is 0. The van der Waals surface area contributed by atoms with Crippen molar-refractivity contribution in [1.82, 2.24) is 0 Å². The number of allylic oxidation sites excluding steroid dienone is 4. The van der Waals surface area contributed by atoms with Crippen LogP contribution in [-0.2, 0) is 0 Å². The van der Waals surface area contributed by atoms with E-state index < -0.39 is 0 Å². The van der Waals surface area contributed by atoms with Crippen LogP contribution in [0.4, 0.5) is 0 Å². The van der Waals surface area contributed by atoms with E-state index in [-0.39, 0.29) is 0 Å². The molecule has 0 radical (unpaired) electrons. The molecule has 0 heteroatoms. The van der Waals surface area contributed by atoms with Gasteiger partial charge in [0.1, 0.15) is 0 Å². The summed E-state index contributed by atoms with van der Waals surface area (Å²) in [5, 5.41) is 4.73. The Kier molecular flexibility index (Phi) is 5.72. The van der Waals surface area contributed by atoms with Gasteiger partial charge in [-0.3, -0.25) is 0 Å². The quantitative estimate of drug-likeness (QED) is 0.746. The van der Waals surface area contributed by atoms with Gasteiger partial charge in [-0.25, -0.2) is 0 Å². The Bertz CT molecular complexity index is 828. The van der Waals surface area contributed by atoms with Crippen molar-refractivity contribution < 1.29 is 0 Å². The maximum Gasteiger partial charge on any atom is -0.00769 e. The molecular formula is C21H26. The molecule has 1 aromatic rings. The zero-order chi connectivity index (χ0) is 16.2. The van der Waals surface area contributed by atoms with Crippen LogP contribution in [-0.4, -0.2) is 0 Å². The van der Waals surface area contributed by atoms with Gasteiger partial charge in [0.05, 0.1) is 0 Å². The van der Waals surface area contributed by atoms with E-state index in [1.807, 2.05) is 19.1 Å². The third kappa shape index (κ3) is 2.85. The average molecular weight is 278 g/mol. The van der Waals surface area contributed by atoms with Crippen molar-refractivity contribution in [3.05, 3.63) is 63.4 Å². The summed E-state index contributed by atoms with van der Waals surface area (Å²) >= 11 is 0. The molecular weight excluding hydrogens is 252 g/mol. The number of hydrogen-bond acceptors (Lipinski definition) is 0. The SMILES string of the molecule is C=C/C(=C/C)c1c(C)c(=C)c(=C(/C)C=C)/c(=C\C)c/1=C/C. The van der Waals surface area contributed by atoms with Crippen molar-refractivity contribution in [2.45, 2.75) is 34.6 Å². The molecule has 0 aromatic heterocycles. The molecule has 0 N–H and O–H groups in total. The molecule has 0 saturated carbocycles. The first-order chi connectivity index (χ1) is 9.98. The summed E-state index contributed by atoms with van der Waals surface area (Å²) in [7, 11) is 0. The zero-order valence-corrected chi connectivity index (χ0v) is 14.0. The van der Waals surface area contributed by atoms with Gasteiger partial charge in [0.2, 0.25) is 0 Å². The van der Waals surface area contributed by atoms with Crippen LogP contribution in [0.15, 0.2) is 31.4 Å². The average Bonchev–Trinajstić information content (AvgIpc) is 2.51. The summed E-state index contributed by atoms with van der Waals surface area (Å²) in [5.74, 6) is 0. The van der Waals surface area contributed by atoms with E-state index in [2.05, 4.69) is 65.7 Å². The molecule has 0 fully saturated rings.